The van der Waals surface area contributed by atoms with Crippen LogP contribution in [0.25, 0.3) is 0 Å². The van der Waals surface area contributed by atoms with Gasteiger partial charge in [-0.3, -0.25) is 9.59 Å². The van der Waals surface area contributed by atoms with Gasteiger partial charge in [-0.2, -0.15) is 0 Å². The van der Waals surface area contributed by atoms with Gasteiger partial charge in [0.05, 0.1) is 11.0 Å². The molecule has 0 saturated heterocycles. The van der Waals surface area contributed by atoms with Crippen LogP contribution in [0.5, 0.6) is 0 Å². The lowest BCUT2D eigenvalue weighted by molar-refractivity contribution is -0.120. The molecule has 2 rings (SSSR count). The fraction of sp³-hybridized carbons (Fsp3) is 0.333. The van der Waals surface area contributed by atoms with Crippen LogP contribution in [0.2, 0.25) is 0 Å². The summed E-state index contributed by atoms with van der Waals surface area (Å²) < 4.78 is 12.2. The Morgan fingerprint density at radius 2 is 2.00 bits per heavy atom. The van der Waals surface area contributed by atoms with Crippen molar-refractivity contribution >= 4 is 40.7 Å². The zero-order valence-corrected chi connectivity index (χ0v) is 11.5. The molecule has 1 aromatic rings. The monoisotopic (exact) mass is 304 g/mol. The predicted octanol–water partition coefficient (Wildman–Crippen LogP) is 2.45. The molecule has 1 saturated carbocycles. The lowest BCUT2D eigenvalue weighted by atomic mass is 10.1. The minimum absolute atomic E-state index is 0.262. The van der Waals surface area contributed by atoms with E-state index in [1.54, 1.807) is 6.92 Å². The van der Waals surface area contributed by atoms with Crippen LogP contribution in [-0.2, 0) is 4.79 Å². The maximum atomic E-state index is 13.3. The van der Waals surface area contributed by atoms with Crippen LogP contribution in [0, 0.1) is 11.2 Å². The van der Waals surface area contributed by atoms with E-state index < -0.39 is 21.5 Å². The molecular formula is C12H11Cl2FN2O2. The summed E-state index contributed by atoms with van der Waals surface area (Å²) in [6.07, 6.45) is 0.332. The molecule has 102 valence electrons. The van der Waals surface area contributed by atoms with Gasteiger partial charge in [0.15, 0.2) is 0 Å². The quantitative estimate of drug-likeness (QED) is 0.842. The van der Waals surface area contributed by atoms with E-state index in [2.05, 4.69) is 5.32 Å². The average molecular weight is 305 g/mol. The summed E-state index contributed by atoms with van der Waals surface area (Å²) >= 11 is 11.8. The minimum Gasteiger partial charge on any atom is -0.366 e. The largest absolute Gasteiger partial charge is 0.366 e. The molecule has 0 aromatic heterocycles. The number of benzene rings is 1. The van der Waals surface area contributed by atoms with Gasteiger partial charge >= 0.3 is 0 Å². The first kappa shape index (κ1) is 14.1. The lowest BCUT2D eigenvalue weighted by Gasteiger charge is -2.13. The van der Waals surface area contributed by atoms with Crippen LogP contribution in [-0.4, -0.2) is 16.1 Å². The molecule has 1 fully saturated rings. The number of hydrogen-bond acceptors (Lipinski definition) is 2. The second kappa shape index (κ2) is 4.35. The van der Waals surface area contributed by atoms with E-state index in [1.165, 1.54) is 12.1 Å². The molecule has 0 spiro atoms. The number of nitrogens with one attached hydrogen (secondary N) is 1. The van der Waals surface area contributed by atoms with Crippen molar-refractivity contribution in [1.82, 2.24) is 0 Å². The van der Waals surface area contributed by atoms with Crippen LogP contribution >= 0.6 is 23.2 Å². The molecule has 7 heteroatoms. The van der Waals surface area contributed by atoms with Crippen molar-refractivity contribution in [2.45, 2.75) is 17.7 Å². The van der Waals surface area contributed by atoms with E-state index >= 15 is 0 Å². The van der Waals surface area contributed by atoms with Crippen LogP contribution in [0.3, 0.4) is 0 Å². The Kier molecular flexibility index (Phi) is 3.23. The highest BCUT2D eigenvalue weighted by molar-refractivity contribution is 6.53. The maximum Gasteiger partial charge on any atom is 0.251 e. The van der Waals surface area contributed by atoms with Crippen molar-refractivity contribution in [1.29, 1.82) is 0 Å². The minimum atomic E-state index is -1.09. The summed E-state index contributed by atoms with van der Waals surface area (Å²) in [5.74, 6) is -2.04. The molecular weight excluding hydrogens is 294 g/mol. The van der Waals surface area contributed by atoms with E-state index in [0.29, 0.717) is 6.42 Å². The van der Waals surface area contributed by atoms with Gasteiger partial charge in [0.2, 0.25) is 5.91 Å². The van der Waals surface area contributed by atoms with Crippen molar-refractivity contribution < 1.29 is 14.0 Å². The van der Waals surface area contributed by atoms with Crippen molar-refractivity contribution in [3.8, 4) is 0 Å². The normalized spacial score (nSPS) is 23.8. The van der Waals surface area contributed by atoms with E-state index in [0.717, 1.165) is 6.07 Å². The molecule has 0 bridgehead atoms. The molecule has 3 N–H and O–H groups in total. The van der Waals surface area contributed by atoms with Crippen LogP contribution in [0.1, 0.15) is 23.7 Å². The molecule has 0 aliphatic heterocycles. The standard InChI is InChI=1S/C12H11Cl2FN2O2/c1-11(5-12(11,13)14)10(19)17-6-2-3-8(15)7(4-6)9(16)18/h2-4H,5H2,1H3,(H2,16,18)(H,17,19)/t11-/m0/s1. The number of rotatable bonds is 3. The Labute approximate surface area is 119 Å². The highest BCUT2D eigenvalue weighted by Gasteiger charge is 2.67. The Morgan fingerprint density at radius 3 is 2.47 bits per heavy atom. The molecule has 2 amide bonds. The number of amides is 2. The topological polar surface area (TPSA) is 72.2 Å². The molecule has 1 aliphatic rings. The first-order valence-electron chi connectivity index (χ1n) is 5.46. The second-order valence-corrected chi connectivity index (χ2v) is 6.21. The summed E-state index contributed by atoms with van der Waals surface area (Å²) in [6, 6.07) is 3.56. The number of hydrogen-bond donors (Lipinski definition) is 2. The number of alkyl halides is 2. The highest BCUT2D eigenvalue weighted by atomic mass is 35.5. The number of carbonyl (C=O) groups is 2. The molecule has 0 unspecified atom stereocenters. The SMILES string of the molecule is C[C@@]1(C(=O)Nc2ccc(F)c(C(N)=O)c2)CC1(Cl)Cl. The fourth-order valence-electron chi connectivity index (χ4n) is 1.71. The van der Waals surface area contributed by atoms with E-state index in [9.17, 15) is 14.0 Å². The first-order valence-corrected chi connectivity index (χ1v) is 6.21. The summed E-state index contributed by atoms with van der Waals surface area (Å²) in [5, 5.41) is 2.54. The average Bonchev–Trinajstić information content (AvgIpc) is 2.82. The van der Waals surface area contributed by atoms with Gasteiger partial charge < -0.3 is 11.1 Å². The summed E-state index contributed by atoms with van der Waals surface area (Å²) in [6.45, 7) is 1.63. The zero-order valence-electron chi connectivity index (χ0n) is 9.97. The highest BCUT2D eigenvalue weighted by Crippen LogP contribution is 2.64. The predicted molar refractivity (Wildman–Crippen MR) is 70.7 cm³/mol. The third-order valence-electron chi connectivity index (χ3n) is 3.25. The van der Waals surface area contributed by atoms with E-state index in [1.807, 2.05) is 0 Å². The summed E-state index contributed by atoms with van der Waals surface area (Å²) in [7, 11) is 0. The number of anilines is 1. The van der Waals surface area contributed by atoms with Crippen LogP contribution in [0.4, 0.5) is 10.1 Å². The second-order valence-electron chi connectivity index (χ2n) is 4.73. The number of nitrogens with two attached hydrogens (primary N) is 1. The van der Waals surface area contributed by atoms with Crippen LogP contribution < -0.4 is 11.1 Å². The number of carbonyl (C=O) groups excluding carboxylic acids is 2. The maximum absolute atomic E-state index is 13.3. The Hall–Kier alpha value is -1.33. The molecule has 0 radical (unpaired) electrons. The molecule has 1 atom stereocenters. The van der Waals surface area contributed by atoms with Gasteiger partial charge in [-0.15, -0.1) is 23.2 Å². The van der Waals surface area contributed by atoms with Gasteiger partial charge in [-0.25, -0.2) is 4.39 Å². The summed E-state index contributed by atoms with van der Waals surface area (Å²) in [5.41, 5.74) is 4.10. The van der Waals surface area contributed by atoms with Gasteiger partial charge in [0, 0.05) is 5.69 Å². The number of halogens is 3. The van der Waals surface area contributed by atoms with Crippen LogP contribution in [0.15, 0.2) is 18.2 Å². The Bertz CT molecular complexity index is 577. The molecule has 19 heavy (non-hydrogen) atoms. The van der Waals surface area contributed by atoms with Crippen molar-refractivity contribution in [2.75, 3.05) is 5.32 Å². The smallest absolute Gasteiger partial charge is 0.251 e. The van der Waals surface area contributed by atoms with Gasteiger partial charge in [0.1, 0.15) is 10.2 Å². The van der Waals surface area contributed by atoms with E-state index in [4.69, 9.17) is 28.9 Å². The third kappa shape index (κ3) is 2.40. The van der Waals surface area contributed by atoms with Crippen molar-refractivity contribution in [2.24, 2.45) is 11.1 Å². The molecule has 1 aromatic carbocycles. The lowest BCUT2D eigenvalue weighted by Crippen LogP contribution is -2.26. The number of primary amides is 1. The fourth-order valence-corrected chi connectivity index (χ4v) is 2.41. The van der Waals surface area contributed by atoms with Gasteiger partial charge in [-0.05, 0) is 31.5 Å². The molecule has 0 heterocycles. The first-order chi connectivity index (χ1) is 8.67. The third-order valence-corrected chi connectivity index (χ3v) is 4.35. The van der Waals surface area contributed by atoms with Crippen molar-refractivity contribution in [3.05, 3.63) is 29.6 Å². The van der Waals surface area contributed by atoms with E-state index in [-0.39, 0.29) is 17.2 Å². The Morgan fingerprint density at radius 1 is 1.42 bits per heavy atom. The zero-order chi connectivity index (χ0) is 14.4. The van der Waals surface area contributed by atoms with Gasteiger partial charge in [0.25, 0.3) is 5.91 Å². The van der Waals surface area contributed by atoms with Crippen molar-refractivity contribution in [3.63, 3.8) is 0 Å². The summed E-state index contributed by atoms with van der Waals surface area (Å²) in [4.78, 5) is 23.0. The molecule has 4 nitrogen and oxygen atoms in total. The molecule has 1 aliphatic carbocycles. The van der Waals surface area contributed by atoms with Gasteiger partial charge in [-0.1, -0.05) is 0 Å². The Balaban J connectivity index is 2.19.